The third-order valence-electron chi connectivity index (χ3n) is 13.9. The number of guanidine groups is 1. The Morgan fingerprint density at radius 2 is 1.14 bits per heavy atom. The molecule has 10 amide bonds. The molecule has 0 aliphatic carbocycles. The second-order valence-electron chi connectivity index (χ2n) is 20.4. The maximum atomic E-state index is 14.6. The van der Waals surface area contributed by atoms with Gasteiger partial charge in [-0.05, 0) is 132 Å². The van der Waals surface area contributed by atoms with Crippen LogP contribution in [0.3, 0.4) is 0 Å². The molecule has 3 aromatic rings. The number of aliphatic imine (C=N–C) groups is 1. The Hall–Kier alpha value is -8.37. The first-order valence-electron chi connectivity index (χ1n) is 28.2. The SMILES string of the molecule is CC(=O)N[C@@H](CCCCN)C(=O)N[C@@H](CCCN=C(N)N)C(=O)N[C@@H](Cc1ccc(O)cc1)C(=O)NCC(=O)N[C@@H](Cc1c[nH]c2ccccc12)C(=O)N[C@@H](CCCCN)C(=O)N1CCC[C@H]1C(=O)NCC(=O)N[C@@H](CCCCN)C(N)=O. The number of carbonyl (C=O) groups excluding carboxylic acids is 10. The lowest BCUT2D eigenvalue weighted by Gasteiger charge is -2.30. The summed E-state index contributed by atoms with van der Waals surface area (Å²) in [5, 5.41) is 31.9. The standard InChI is InChI=1S/C55H85N17O11/c1-33(73)66-40(15-5-8-24-57)50(79)69-41(17-10-26-62-55(60)61)51(80)71-43(28-34-19-21-36(74)22-20-34)49(78)64-31-47(76)68-44(29-35-30-63-38-13-3-2-12-37(35)38)52(81)70-42(16-6-9-25-58)54(83)72-27-11-18-45(72)53(82)65-32-46(75)67-39(48(59)77)14-4-7-23-56/h2-3,12-13,19-22,30,39-45,63,74H,4-11,14-18,23-29,31-32,56-58H2,1H3,(H2,59,77)(H,64,78)(H,65,82)(H,66,73)(H,67,75)(H,68,76)(H,69,79)(H,70,81)(H,71,80)(H4,60,61,62)/t39-,40-,41-,42-,43-,44-,45-/m0/s1. The molecule has 0 saturated carbocycles. The molecule has 7 atom stereocenters. The number of fused-ring (bicyclic) bond motifs is 1. The number of nitrogens with two attached hydrogens (primary N) is 6. The van der Waals surface area contributed by atoms with Crippen LogP contribution in [0.25, 0.3) is 10.9 Å². The van der Waals surface area contributed by atoms with E-state index in [1.807, 2.05) is 18.2 Å². The number of H-pyrrole nitrogens is 1. The summed E-state index contributed by atoms with van der Waals surface area (Å²) in [5.41, 5.74) is 35.4. The van der Waals surface area contributed by atoms with Gasteiger partial charge in [-0.1, -0.05) is 30.3 Å². The summed E-state index contributed by atoms with van der Waals surface area (Å²) in [6, 6.07) is 4.89. The predicted molar refractivity (Wildman–Crippen MR) is 310 cm³/mol. The summed E-state index contributed by atoms with van der Waals surface area (Å²) >= 11 is 0. The van der Waals surface area contributed by atoms with Gasteiger partial charge < -0.3 is 91.9 Å². The minimum atomic E-state index is -1.39. The summed E-state index contributed by atoms with van der Waals surface area (Å²) in [5.74, 6) is -7.24. The highest BCUT2D eigenvalue weighted by atomic mass is 16.3. The predicted octanol–water partition coefficient (Wildman–Crippen LogP) is -3.26. The van der Waals surface area contributed by atoms with Crippen LogP contribution in [0.1, 0.15) is 102 Å². The van der Waals surface area contributed by atoms with E-state index in [1.165, 1.54) is 36.1 Å². The number of para-hydroxylation sites is 1. The molecule has 1 aromatic heterocycles. The summed E-state index contributed by atoms with van der Waals surface area (Å²) in [6.45, 7) is 1.32. The normalized spacial score (nSPS) is 15.0. The number of unbranched alkanes of at least 4 members (excludes halogenated alkanes) is 3. The van der Waals surface area contributed by atoms with E-state index < -0.39 is 114 Å². The highest BCUT2D eigenvalue weighted by Crippen LogP contribution is 2.22. The maximum Gasteiger partial charge on any atom is 0.245 e. The van der Waals surface area contributed by atoms with E-state index in [9.17, 15) is 53.1 Å². The number of aromatic nitrogens is 1. The zero-order valence-electron chi connectivity index (χ0n) is 47.2. The van der Waals surface area contributed by atoms with Crippen LogP contribution >= 0.6 is 0 Å². The van der Waals surface area contributed by atoms with Gasteiger partial charge in [0.1, 0.15) is 48.0 Å². The molecule has 456 valence electrons. The second-order valence-corrected chi connectivity index (χ2v) is 20.4. The number of aromatic amines is 1. The molecule has 28 nitrogen and oxygen atoms in total. The number of benzene rings is 2. The molecule has 1 fully saturated rings. The van der Waals surface area contributed by atoms with Crippen LogP contribution in [0, 0.1) is 0 Å². The number of amides is 10. The third-order valence-corrected chi connectivity index (χ3v) is 13.9. The fraction of sp³-hybridized carbons (Fsp3) is 0.545. The lowest BCUT2D eigenvalue weighted by atomic mass is 10.0. The van der Waals surface area contributed by atoms with Crippen LogP contribution in [0.2, 0.25) is 0 Å². The highest BCUT2D eigenvalue weighted by molar-refractivity contribution is 5.98. The minimum absolute atomic E-state index is 0.00874. The molecule has 83 heavy (non-hydrogen) atoms. The zero-order valence-corrected chi connectivity index (χ0v) is 47.2. The van der Waals surface area contributed by atoms with Gasteiger partial charge in [0.05, 0.1) is 13.1 Å². The first kappa shape index (κ1) is 67.1. The number of carbonyl (C=O) groups is 10. The lowest BCUT2D eigenvalue weighted by molar-refractivity contribution is -0.142. The van der Waals surface area contributed by atoms with Gasteiger partial charge in [0.25, 0.3) is 0 Å². The van der Waals surface area contributed by atoms with Crippen molar-refractivity contribution in [2.75, 3.05) is 45.8 Å². The molecular weight excluding hydrogens is 1070 g/mol. The molecule has 0 bridgehead atoms. The van der Waals surface area contributed by atoms with Crippen molar-refractivity contribution in [3.8, 4) is 5.75 Å². The Bertz CT molecular complexity index is 2680. The summed E-state index contributed by atoms with van der Waals surface area (Å²) in [7, 11) is 0. The number of likely N-dealkylation sites (tertiary alicyclic amines) is 1. The molecule has 0 unspecified atom stereocenters. The minimum Gasteiger partial charge on any atom is -0.508 e. The third kappa shape index (κ3) is 23.2. The number of phenols is 1. The number of hydrogen-bond donors (Lipinski definition) is 16. The monoisotopic (exact) mass is 1160 g/mol. The van der Waals surface area contributed by atoms with E-state index in [0.29, 0.717) is 69.2 Å². The van der Waals surface area contributed by atoms with Gasteiger partial charge in [-0.15, -0.1) is 0 Å². The summed E-state index contributed by atoms with van der Waals surface area (Å²) < 4.78 is 0. The molecule has 2 aromatic carbocycles. The summed E-state index contributed by atoms with van der Waals surface area (Å²) in [6.07, 6.45) is 6.02. The number of primary amides is 1. The number of phenolic OH excluding ortho intramolecular Hbond substituents is 1. The van der Waals surface area contributed by atoms with Crippen LogP contribution in [0.15, 0.2) is 59.7 Å². The summed E-state index contributed by atoms with van der Waals surface area (Å²) in [4.78, 5) is 144. The number of nitrogens with one attached hydrogen (secondary N) is 9. The van der Waals surface area contributed by atoms with Crippen LogP contribution < -0.4 is 76.9 Å². The van der Waals surface area contributed by atoms with E-state index in [-0.39, 0.29) is 82.7 Å². The van der Waals surface area contributed by atoms with Crippen LogP contribution in [-0.4, -0.2) is 168 Å². The molecule has 28 heteroatoms. The molecule has 2 heterocycles. The van der Waals surface area contributed by atoms with Crippen molar-refractivity contribution in [2.24, 2.45) is 39.4 Å². The highest BCUT2D eigenvalue weighted by Gasteiger charge is 2.39. The van der Waals surface area contributed by atoms with Crippen LogP contribution in [0.5, 0.6) is 5.75 Å². The van der Waals surface area contributed by atoms with Gasteiger partial charge in [-0.3, -0.25) is 52.9 Å². The second kappa shape index (κ2) is 35.5. The van der Waals surface area contributed by atoms with Gasteiger partial charge in [0.2, 0.25) is 59.1 Å². The molecule has 1 aliphatic heterocycles. The van der Waals surface area contributed by atoms with Gasteiger partial charge in [0, 0.05) is 50.0 Å². The molecule has 1 saturated heterocycles. The average molecular weight is 1160 g/mol. The van der Waals surface area contributed by atoms with Crippen molar-refractivity contribution in [2.45, 2.75) is 146 Å². The smallest absolute Gasteiger partial charge is 0.245 e. The molecule has 0 radical (unpaired) electrons. The fourth-order valence-electron chi connectivity index (χ4n) is 9.50. The zero-order chi connectivity index (χ0) is 60.8. The van der Waals surface area contributed by atoms with Gasteiger partial charge in [-0.25, -0.2) is 0 Å². The molecular formula is C55H85N17O11. The topological polar surface area (TPSA) is 475 Å². The first-order valence-corrected chi connectivity index (χ1v) is 28.2. The first-order chi connectivity index (χ1) is 39.7. The molecule has 1 aliphatic rings. The Balaban J connectivity index is 1.56. The van der Waals surface area contributed by atoms with E-state index in [4.69, 9.17) is 34.4 Å². The molecule has 22 N–H and O–H groups in total. The Labute approximate surface area is 482 Å². The van der Waals surface area contributed by atoms with Gasteiger partial charge in [0.15, 0.2) is 5.96 Å². The average Bonchev–Trinajstić information content (AvgIpc) is 4.24. The molecule has 4 rings (SSSR count). The van der Waals surface area contributed by atoms with Crippen molar-refractivity contribution in [3.63, 3.8) is 0 Å². The van der Waals surface area contributed by atoms with Crippen LogP contribution in [0.4, 0.5) is 0 Å². The van der Waals surface area contributed by atoms with E-state index >= 15 is 0 Å². The Kier molecular flexibility index (Phi) is 28.7. The van der Waals surface area contributed by atoms with Gasteiger partial charge >= 0.3 is 0 Å². The van der Waals surface area contributed by atoms with Gasteiger partial charge in [-0.2, -0.15) is 0 Å². The van der Waals surface area contributed by atoms with E-state index in [0.717, 1.165) is 10.9 Å². The molecule has 0 spiro atoms. The van der Waals surface area contributed by atoms with Crippen molar-refractivity contribution in [3.05, 3.63) is 65.9 Å². The maximum absolute atomic E-state index is 14.6. The Morgan fingerprint density at radius 1 is 0.614 bits per heavy atom. The van der Waals surface area contributed by atoms with Crippen molar-refractivity contribution in [1.82, 2.24) is 52.4 Å². The number of hydrogen-bond acceptors (Lipinski definition) is 15. The number of rotatable bonds is 37. The van der Waals surface area contributed by atoms with Crippen LogP contribution in [-0.2, 0) is 60.8 Å². The van der Waals surface area contributed by atoms with E-state index in [1.54, 1.807) is 12.3 Å². The Morgan fingerprint density at radius 3 is 1.76 bits per heavy atom. The quantitative estimate of drug-likeness (QED) is 0.0153. The van der Waals surface area contributed by atoms with Crippen molar-refractivity contribution >= 4 is 75.9 Å². The number of nitrogens with zero attached hydrogens (tertiary/aromatic N) is 2. The lowest BCUT2D eigenvalue weighted by Crippen LogP contribution is -2.58. The fourth-order valence-corrected chi connectivity index (χ4v) is 9.50. The largest absolute Gasteiger partial charge is 0.508 e. The van der Waals surface area contributed by atoms with Crippen molar-refractivity contribution < 1.29 is 53.1 Å². The van der Waals surface area contributed by atoms with E-state index in [2.05, 4.69) is 52.5 Å². The van der Waals surface area contributed by atoms with Crippen molar-refractivity contribution in [1.29, 1.82) is 0 Å². The number of aromatic hydroxyl groups is 1.